The number of aromatic nitrogens is 1. The molecule has 5 nitrogen and oxygen atoms in total. The van der Waals surface area contributed by atoms with E-state index in [1.165, 1.54) is 6.07 Å². The van der Waals surface area contributed by atoms with E-state index in [4.69, 9.17) is 11.6 Å². The average molecular weight is 180 g/mol. The van der Waals surface area contributed by atoms with Crippen LogP contribution in [0.3, 0.4) is 0 Å². The number of nitrogens with two attached hydrogens (primary N) is 2. The number of hydrazine groups is 1. The van der Waals surface area contributed by atoms with Crippen molar-refractivity contribution in [1.82, 2.24) is 4.98 Å². The molecule has 13 heavy (non-hydrogen) atoms. The van der Waals surface area contributed by atoms with Gasteiger partial charge in [-0.3, -0.25) is 4.79 Å². The highest BCUT2D eigenvalue weighted by Gasteiger charge is 2.04. The highest BCUT2D eigenvalue weighted by Crippen LogP contribution is 2.09. The molecule has 0 radical (unpaired) electrons. The predicted octanol–water partition coefficient (Wildman–Crippen LogP) is 0.0285. The number of hydrogen-bond donors (Lipinski definition) is 3. The van der Waals surface area contributed by atoms with Gasteiger partial charge < -0.3 is 11.2 Å². The molecule has 1 aromatic rings. The van der Waals surface area contributed by atoms with Crippen LogP contribution in [0, 0.1) is 0 Å². The number of anilines is 1. The summed E-state index contributed by atoms with van der Waals surface area (Å²) in [4.78, 5) is 15.0. The van der Waals surface area contributed by atoms with Gasteiger partial charge in [0.25, 0.3) is 0 Å². The van der Waals surface area contributed by atoms with Crippen LogP contribution in [0.4, 0.5) is 5.82 Å². The number of aryl methyl sites for hydroxylation is 1. The number of carbonyl (C=O) groups is 1. The standard InChI is InChI=1S/C8H12N4O/c1-2-6-3-5(8(9)13)4-7(11-6)12-10/h3-4H,2,10H2,1H3,(H2,9,13)(H,11,12). The highest BCUT2D eigenvalue weighted by molar-refractivity contribution is 5.93. The fourth-order valence-electron chi connectivity index (χ4n) is 0.985. The van der Waals surface area contributed by atoms with Gasteiger partial charge in [0.1, 0.15) is 5.82 Å². The van der Waals surface area contributed by atoms with Crippen molar-refractivity contribution in [2.45, 2.75) is 13.3 Å². The second kappa shape index (κ2) is 3.86. The van der Waals surface area contributed by atoms with E-state index in [-0.39, 0.29) is 0 Å². The van der Waals surface area contributed by atoms with Crippen molar-refractivity contribution >= 4 is 11.7 Å². The van der Waals surface area contributed by atoms with E-state index in [0.717, 1.165) is 12.1 Å². The minimum Gasteiger partial charge on any atom is -0.366 e. The second-order valence-electron chi connectivity index (χ2n) is 2.59. The van der Waals surface area contributed by atoms with E-state index in [1.807, 2.05) is 6.92 Å². The molecule has 0 atom stereocenters. The van der Waals surface area contributed by atoms with Gasteiger partial charge in [-0.05, 0) is 18.6 Å². The first kappa shape index (κ1) is 9.47. The van der Waals surface area contributed by atoms with Crippen LogP contribution < -0.4 is 17.0 Å². The molecule has 0 spiro atoms. The molecule has 1 amide bonds. The van der Waals surface area contributed by atoms with Crippen molar-refractivity contribution in [2.75, 3.05) is 5.43 Å². The van der Waals surface area contributed by atoms with Gasteiger partial charge in [-0.15, -0.1) is 0 Å². The Balaban J connectivity index is 3.14. The lowest BCUT2D eigenvalue weighted by Crippen LogP contribution is -2.15. The summed E-state index contributed by atoms with van der Waals surface area (Å²) < 4.78 is 0. The van der Waals surface area contributed by atoms with Gasteiger partial charge in [0.15, 0.2) is 0 Å². The Labute approximate surface area is 76.1 Å². The van der Waals surface area contributed by atoms with E-state index < -0.39 is 5.91 Å². The van der Waals surface area contributed by atoms with Crippen LogP contribution in [-0.4, -0.2) is 10.9 Å². The zero-order valence-corrected chi connectivity index (χ0v) is 7.37. The largest absolute Gasteiger partial charge is 0.366 e. The maximum atomic E-state index is 10.9. The molecule has 1 aromatic heterocycles. The number of nitrogens with one attached hydrogen (secondary N) is 1. The van der Waals surface area contributed by atoms with E-state index in [9.17, 15) is 4.79 Å². The molecular weight excluding hydrogens is 168 g/mol. The topological polar surface area (TPSA) is 94.0 Å². The van der Waals surface area contributed by atoms with E-state index in [2.05, 4.69) is 10.4 Å². The molecule has 0 aliphatic rings. The van der Waals surface area contributed by atoms with Gasteiger partial charge in [0, 0.05) is 11.3 Å². The molecule has 0 saturated carbocycles. The summed E-state index contributed by atoms with van der Waals surface area (Å²) in [5, 5.41) is 0. The van der Waals surface area contributed by atoms with Crippen LogP contribution in [0.1, 0.15) is 23.0 Å². The molecule has 5 N–H and O–H groups in total. The number of nitrogens with zero attached hydrogens (tertiary/aromatic N) is 1. The van der Waals surface area contributed by atoms with Crippen LogP contribution in [0.25, 0.3) is 0 Å². The highest BCUT2D eigenvalue weighted by atomic mass is 16.1. The Morgan fingerprint density at radius 3 is 2.77 bits per heavy atom. The molecule has 1 heterocycles. The lowest BCUT2D eigenvalue weighted by molar-refractivity contribution is 0.1000. The summed E-state index contributed by atoms with van der Waals surface area (Å²) in [6, 6.07) is 3.17. The van der Waals surface area contributed by atoms with Gasteiger partial charge >= 0.3 is 0 Å². The predicted molar refractivity (Wildman–Crippen MR) is 49.9 cm³/mol. The summed E-state index contributed by atoms with van der Waals surface area (Å²) in [6.45, 7) is 1.94. The third-order valence-electron chi connectivity index (χ3n) is 1.67. The third-order valence-corrected chi connectivity index (χ3v) is 1.67. The Hall–Kier alpha value is -1.62. The van der Waals surface area contributed by atoms with Crippen LogP contribution in [0.2, 0.25) is 0 Å². The van der Waals surface area contributed by atoms with Crippen molar-refractivity contribution in [3.05, 3.63) is 23.4 Å². The fourth-order valence-corrected chi connectivity index (χ4v) is 0.985. The number of hydrogen-bond acceptors (Lipinski definition) is 4. The number of amides is 1. The molecule has 0 unspecified atom stereocenters. The van der Waals surface area contributed by atoms with Gasteiger partial charge in [-0.1, -0.05) is 6.92 Å². The molecule has 0 fully saturated rings. The fraction of sp³-hybridized carbons (Fsp3) is 0.250. The lowest BCUT2D eigenvalue weighted by atomic mass is 10.2. The van der Waals surface area contributed by atoms with Crippen LogP contribution in [-0.2, 0) is 6.42 Å². The summed E-state index contributed by atoms with van der Waals surface area (Å²) in [6.07, 6.45) is 0.732. The van der Waals surface area contributed by atoms with Crippen LogP contribution in [0.5, 0.6) is 0 Å². The first-order valence-electron chi connectivity index (χ1n) is 3.94. The number of carbonyl (C=O) groups excluding carboxylic acids is 1. The van der Waals surface area contributed by atoms with Crippen molar-refractivity contribution in [3.8, 4) is 0 Å². The molecule has 0 aromatic carbocycles. The maximum absolute atomic E-state index is 10.9. The first-order chi connectivity index (χ1) is 6.17. The van der Waals surface area contributed by atoms with Gasteiger partial charge in [0.05, 0.1) is 0 Å². The van der Waals surface area contributed by atoms with Crippen molar-refractivity contribution in [1.29, 1.82) is 0 Å². The summed E-state index contributed by atoms with van der Waals surface area (Å²) in [5.74, 6) is 5.15. The molecule has 0 bridgehead atoms. The Morgan fingerprint density at radius 2 is 2.31 bits per heavy atom. The minimum absolute atomic E-state index is 0.416. The molecule has 0 aliphatic heterocycles. The van der Waals surface area contributed by atoms with E-state index in [0.29, 0.717) is 11.4 Å². The Bertz CT molecular complexity index is 302. The number of nitrogen functional groups attached to an aromatic ring is 1. The van der Waals surface area contributed by atoms with Crippen molar-refractivity contribution in [3.63, 3.8) is 0 Å². The van der Waals surface area contributed by atoms with E-state index in [1.54, 1.807) is 6.07 Å². The Morgan fingerprint density at radius 1 is 1.62 bits per heavy atom. The summed E-state index contributed by atoms with van der Waals surface area (Å²) in [7, 11) is 0. The molecular formula is C8H12N4O. The van der Waals surface area contributed by atoms with Crippen molar-refractivity contribution in [2.24, 2.45) is 11.6 Å². The monoisotopic (exact) mass is 180 g/mol. The lowest BCUT2D eigenvalue weighted by Gasteiger charge is -2.04. The average Bonchev–Trinajstić information content (AvgIpc) is 2.16. The molecule has 0 aliphatic carbocycles. The van der Waals surface area contributed by atoms with Crippen LogP contribution >= 0.6 is 0 Å². The summed E-state index contributed by atoms with van der Waals surface area (Å²) in [5.41, 5.74) is 8.70. The van der Waals surface area contributed by atoms with Crippen molar-refractivity contribution < 1.29 is 4.79 Å². The molecule has 1 rings (SSSR count). The Kier molecular flexibility index (Phi) is 2.81. The first-order valence-corrected chi connectivity index (χ1v) is 3.94. The maximum Gasteiger partial charge on any atom is 0.248 e. The molecule has 70 valence electrons. The molecule has 5 heteroatoms. The minimum atomic E-state index is -0.478. The SMILES string of the molecule is CCc1cc(C(N)=O)cc(NN)n1. The molecule has 0 saturated heterocycles. The summed E-state index contributed by atoms with van der Waals surface area (Å²) >= 11 is 0. The smallest absolute Gasteiger partial charge is 0.248 e. The van der Waals surface area contributed by atoms with Gasteiger partial charge in [-0.2, -0.15) is 0 Å². The van der Waals surface area contributed by atoms with Crippen LogP contribution in [0.15, 0.2) is 12.1 Å². The number of rotatable bonds is 3. The number of pyridine rings is 1. The zero-order valence-electron chi connectivity index (χ0n) is 7.37. The third kappa shape index (κ3) is 2.16. The number of primary amides is 1. The zero-order chi connectivity index (χ0) is 9.84. The second-order valence-corrected chi connectivity index (χ2v) is 2.59. The quantitative estimate of drug-likeness (QED) is 0.451. The van der Waals surface area contributed by atoms with Gasteiger partial charge in [0.2, 0.25) is 5.91 Å². The van der Waals surface area contributed by atoms with Gasteiger partial charge in [-0.25, -0.2) is 10.8 Å². The normalized spacial score (nSPS) is 9.69. The van der Waals surface area contributed by atoms with E-state index >= 15 is 0 Å².